The molecule has 1 N–H and O–H groups in total. The fourth-order valence-corrected chi connectivity index (χ4v) is 1.77. The number of esters is 2. The minimum atomic E-state index is -2.02. The second-order valence-corrected chi connectivity index (χ2v) is 4.31. The summed E-state index contributed by atoms with van der Waals surface area (Å²) in [5.41, 5.74) is -2.02. The molecule has 1 aliphatic heterocycles. The van der Waals surface area contributed by atoms with Gasteiger partial charge < -0.3 is 9.47 Å². The molecule has 0 unspecified atom stereocenters. The van der Waals surface area contributed by atoms with E-state index in [1.54, 1.807) is 0 Å². The van der Waals surface area contributed by atoms with Crippen LogP contribution in [0, 0.1) is 0 Å². The second kappa shape index (κ2) is 5.27. The minimum Gasteiger partial charge on any atom is -0.443 e. The van der Waals surface area contributed by atoms with Gasteiger partial charge >= 0.3 is 18.0 Å². The number of rotatable bonds is 2. The fourth-order valence-electron chi connectivity index (χ4n) is 1.77. The molecule has 1 heterocycles. The molecule has 4 amide bonds. The van der Waals surface area contributed by atoms with Crippen LogP contribution in [0.25, 0.3) is 0 Å². The maximum Gasteiger partial charge on any atom is 0.334 e. The molecule has 2 atom stereocenters. The first kappa shape index (κ1) is 15.6. The van der Waals surface area contributed by atoms with Gasteiger partial charge in [-0.15, -0.1) is 0 Å². The average Bonchev–Trinajstić information content (AvgIpc) is 2.23. The van der Waals surface area contributed by atoms with Crippen molar-refractivity contribution in [3.05, 3.63) is 0 Å². The lowest BCUT2D eigenvalue weighted by Crippen LogP contribution is -2.71. The lowest BCUT2D eigenvalue weighted by Gasteiger charge is -2.42. The number of hydrogen-bond donors (Lipinski definition) is 1. The quantitative estimate of drug-likeness (QED) is 0.666. The molecule has 9 nitrogen and oxygen atoms in total. The van der Waals surface area contributed by atoms with E-state index in [0.29, 0.717) is 4.90 Å². The third-order valence-corrected chi connectivity index (χ3v) is 2.57. The fraction of sp³-hybridized carbons (Fsp3) is 0.545. The van der Waals surface area contributed by atoms with Crippen molar-refractivity contribution in [2.24, 2.45) is 0 Å². The summed E-state index contributed by atoms with van der Waals surface area (Å²) in [6.45, 7) is 4.25. The van der Waals surface area contributed by atoms with Crippen molar-refractivity contribution in [1.29, 1.82) is 0 Å². The Hall–Kier alpha value is -2.45. The molecule has 9 heteroatoms. The standard InChI is InChI=1S/C11H14N2O7/c1-5(14)13-9(19-6(2)15)11(4,20-7(3)16)8(17)12-10(13)18/h9H,1-4H3,(H,12,17,18)/t9-,11-/m0/s1. The predicted octanol–water partition coefficient (Wildman–Crippen LogP) is -0.704. The van der Waals surface area contributed by atoms with Crippen LogP contribution >= 0.6 is 0 Å². The first-order valence-corrected chi connectivity index (χ1v) is 5.61. The van der Waals surface area contributed by atoms with Crippen LogP contribution in [0.15, 0.2) is 0 Å². The molecule has 0 aromatic heterocycles. The van der Waals surface area contributed by atoms with Gasteiger partial charge in [-0.25, -0.2) is 9.69 Å². The molecule has 1 aliphatic rings. The van der Waals surface area contributed by atoms with Gasteiger partial charge in [-0.1, -0.05) is 0 Å². The summed E-state index contributed by atoms with van der Waals surface area (Å²) in [4.78, 5) is 57.8. The average molecular weight is 286 g/mol. The van der Waals surface area contributed by atoms with Crippen LogP contribution in [0.3, 0.4) is 0 Å². The number of hydrogen-bond acceptors (Lipinski definition) is 7. The lowest BCUT2D eigenvalue weighted by molar-refractivity contribution is -0.206. The van der Waals surface area contributed by atoms with Crippen LogP contribution in [0.4, 0.5) is 4.79 Å². The lowest BCUT2D eigenvalue weighted by atomic mass is 9.99. The molecular weight excluding hydrogens is 272 g/mol. The predicted molar refractivity (Wildman–Crippen MR) is 61.8 cm³/mol. The Balaban J connectivity index is 3.31. The van der Waals surface area contributed by atoms with E-state index in [-0.39, 0.29) is 0 Å². The summed E-state index contributed by atoms with van der Waals surface area (Å²) < 4.78 is 9.69. The minimum absolute atomic E-state index is 0.506. The molecule has 1 fully saturated rings. The van der Waals surface area contributed by atoms with Gasteiger partial charge in [-0.05, 0) is 6.92 Å². The van der Waals surface area contributed by atoms with Gasteiger partial charge in [0.1, 0.15) is 0 Å². The van der Waals surface area contributed by atoms with Crippen LogP contribution in [0.1, 0.15) is 27.7 Å². The summed E-state index contributed by atoms with van der Waals surface area (Å²) in [6.07, 6.45) is -1.66. The van der Waals surface area contributed by atoms with Gasteiger partial charge in [0, 0.05) is 20.8 Å². The van der Waals surface area contributed by atoms with Gasteiger partial charge in [0.25, 0.3) is 5.91 Å². The maximum atomic E-state index is 11.9. The first-order valence-electron chi connectivity index (χ1n) is 5.61. The molecule has 1 saturated heterocycles. The van der Waals surface area contributed by atoms with Gasteiger partial charge in [-0.2, -0.15) is 0 Å². The van der Waals surface area contributed by atoms with Crippen LogP contribution in [-0.2, 0) is 28.7 Å². The molecule has 0 bridgehead atoms. The van der Waals surface area contributed by atoms with Crippen molar-refractivity contribution >= 4 is 29.8 Å². The summed E-state index contributed by atoms with van der Waals surface area (Å²) in [5.74, 6) is -3.44. The van der Waals surface area contributed by atoms with Crippen molar-refractivity contribution in [3.63, 3.8) is 0 Å². The van der Waals surface area contributed by atoms with Crippen molar-refractivity contribution in [1.82, 2.24) is 10.2 Å². The van der Waals surface area contributed by atoms with Crippen molar-refractivity contribution < 1.29 is 33.4 Å². The number of nitrogens with one attached hydrogen (secondary N) is 1. The molecule has 0 spiro atoms. The Morgan fingerprint density at radius 1 is 1.15 bits per heavy atom. The van der Waals surface area contributed by atoms with Crippen LogP contribution in [-0.4, -0.2) is 46.5 Å². The van der Waals surface area contributed by atoms with E-state index in [2.05, 4.69) is 0 Å². The number of carbonyl (C=O) groups is 5. The van der Waals surface area contributed by atoms with Crippen LogP contribution in [0.5, 0.6) is 0 Å². The van der Waals surface area contributed by atoms with E-state index < -0.39 is 41.6 Å². The smallest absolute Gasteiger partial charge is 0.334 e. The Bertz CT molecular complexity index is 501. The first-order chi connectivity index (χ1) is 9.09. The molecule has 110 valence electrons. The molecule has 0 radical (unpaired) electrons. The van der Waals surface area contributed by atoms with Crippen LogP contribution in [0.2, 0.25) is 0 Å². The summed E-state index contributed by atoms with van der Waals surface area (Å²) in [5, 5.41) is 1.87. The Morgan fingerprint density at radius 2 is 1.70 bits per heavy atom. The van der Waals surface area contributed by atoms with Crippen molar-refractivity contribution in [2.75, 3.05) is 0 Å². The number of carbonyl (C=O) groups excluding carboxylic acids is 5. The Labute approximate surface area is 114 Å². The third kappa shape index (κ3) is 2.76. The summed E-state index contributed by atoms with van der Waals surface area (Å²) in [6, 6.07) is -1.06. The molecule has 0 aliphatic carbocycles. The van der Waals surface area contributed by atoms with Gasteiger partial charge in [0.05, 0.1) is 0 Å². The Kier molecular flexibility index (Phi) is 4.11. The number of imide groups is 2. The van der Waals surface area contributed by atoms with Crippen molar-refractivity contribution in [2.45, 2.75) is 39.5 Å². The molecule has 0 aromatic carbocycles. The number of urea groups is 1. The SMILES string of the molecule is CC(=O)O[C@@H]1N(C(C)=O)C(=O)NC(=O)[C@]1(C)OC(C)=O. The number of ether oxygens (including phenoxy) is 2. The van der Waals surface area contributed by atoms with Crippen LogP contribution < -0.4 is 5.32 Å². The zero-order valence-corrected chi connectivity index (χ0v) is 11.4. The highest BCUT2D eigenvalue weighted by Crippen LogP contribution is 2.27. The summed E-state index contributed by atoms with van der Waals surface area (Å²) >= 11 is 0. The number of nitrogens with zero attached hydrogens (tertiary/aromatic N) is 1. The van der Waals surface area contributed by atoms with Crippen molar-refractivity contribution in [3.8, 4) is 0 Å². The third-order valence-electron chi connectivity index (χ3n) is 2.57. The number of amides is 4. The van der Waals surface area contributed by atoms with E-state index in [9.17, 15) is 24.0 Å². The van der Waals surface area contributed by atoms with E-state index >= 15 is 0 Å². The zero-order valence-electron chi connectivity index (χ0n) is 11.4. The molecule has 0 saturated carbocycles. The molecular formula is C11H14N2O7. The van der Waals surface area contributed by atoms with Gasteiger partial charge in [0.15, 0.2) is 0 Å². The molecule has 0 aromatic rings. The highest BCUT2D eigenvalue weighted by Gasteiger charge is 2.57. The monoisotopic (exact) mass is 286 g/mol. The second-order valence-electron chi connectivity index (χ2n) is 4.31. The Morgan fingerprint density at radius 3 is 2.10 bits per heavy atom. The highest BCUT2D eigenvalue weighted by molar-refractivity contribution is 6.08. The summed E-state index contributed by atoms with van der Waals surface area (Å²) in [7, 11) is 0. The van der Waals surface area contributed by atoms with E-state index in [1.165, 1.54) is 0 Å². The van der Waals surface area contributed by atoms with Gasteiger partial charge in [-0.3, -0.25) is 24.5 Å². The molecule has 20 heavy (non-hydrogen) atoms. The zero-order chi connectivity index (χ0) is 15.7. The van der Waals surface area contributed by atoms with E-state index in [4.69, 9.17) is 9.47 Å². The molecule has 1 rings (SSSR count). The largest absolute Gasteiger partial charge is 0.443 e. The van der Waals surface area contributed by atoms with E-state index in [1.807, 2.05) is 5.32 Å². The highest BCUT2D eigenvalue weighted by atomic mass is 16.6. The normalized spacial score (nSPS) is 25.8. The maximum absolute atomic E-state index is 11.9. The topological polar surface area (TPSA) is 119 Å². The van der Waals surface area contributed by atoms with Gasteiger partial charge in [0.2, 0.25) is 17.7 Å². The van der Waals surface area contributed by atoms with E-state index in [0.717, 1.165) is 27.7 Å².